The van der Waals surface area contributed by atoms with Crippen LogP contribution in [0.3, 0.4) is 0 Å². The lowest BCUT2D eigenvalue weighted by Gasteiger charge is -2.37. The van der Waals surface area contributed by atoms with Crippen molar-refractivity contribution in [2.24, 2.45) is 0 Å². The largest absolute Gasteiger partial charge is 0.444 e. The van der Waals surface area contributed by atoms with Crippen LogP contribution < -0.4 is 5.32 Å². The minimum Gasteiger partial charge on any atom is -0.444 e. The second-order valence-corrected chi connectivity index (χ2v) is 7.80. The van der Waals surface area contributed by atoms with Crippen molar-refractivity contribution < 1.29 is 14.3 Å². The summed E-state index contributed by atoms with van der Waals surface area (Å²) in [6.07, 6.45) is 1.46. The number of carbonyl (C=O) groups is 1. The number of ether oxygens (including phenoxy) is 2. The predicted molar refractivity (Wildman–Crippen MR) is 99.2 cm³/mol. The molecule has 1 saturated heterocycles. The minimum atomic E-state index is -0.720. The first-order chi connectivity index (χ1) is 11.6. The molecule has 0 aliphatic carbocycles. The summed E-state index contributed by atoms with van der Waals surface area (Å²) in [7, 11) is 0. The first-order valence-electron chi connectivity index (χ1n) is 8.70. The molecule has 5 heteroatoms. The quantitative estimate of drug-likeness (QED) is 0.826. The number of hydrogen-bond donors (Lipinski definition) is 1. The van der Waals surface area contributed by atoms with E-state index in [4.69, 9.17) is 9.47 Å². The van der Waals surface area contributed by atoms with Gasteiger partial charge in [-0.2, -0.15) is 0 Å². The van der Waals surface area contributed by atoms with Gasteiger partial charge >= 0.3 is 6.09 Å². The average molecular weight is 346 g/mol. The van der Waals surface area contributed by atoms with Gasteiger partial charge in [-0.3, -0.25) is 4.90 Å². The molecule has 0 radical (unpaired) electrons. The molecule has 0 unspecified atom stereocenters. The molecule has 5 nitrogen and oxygen atoms in total. The van der Waals surface area contributed by atoms with Crippen LogP contribution in [0.1, 0.15) is 40.2 Å². The van der Waals surface area contributed by atoms with Gasteiger partial charge in [0.1, 0.15) is 11.3 Å². The van der Waals surface area contributed by atoms with Gasteiger partial charge in [0.05, 0.1) is 12.6 Å². The lowest BCUT2D eigenvalue weighted by atomic mass is 10.1. The molecule has 2 rings (SSSR count). The third kappa shape index (κ3) is 5.06. The molecule has 1 N–H and O–H groups in total. The van der Waals surface area contributed by atoms with E-state index >= 15 is 0 Å². The molecule has 1 fully saturated rings. The molecule has 1 aromatic rings. The van der Waals surface area contributed by atoms with Crippen LogP contribution in [0.2, 0.25) is 0 Å². The minimum absolute atomic E-state index is 0.102. The van der Waals surface area contributed by atoms with Gasteiger partial charge in [-0.25, -0.2) is 4.79 Å². The van der Waals surface area contributed by atoms with Gasteiger partial charge in [0.15, 0.2) is 0 Å². The number of hydrogen-bond acceptors (Lipinski definition) is 4. The number of benzene rings is 1. The van der Waals surface area contributed by atoms with Gasteiger partial charge in [-0.1, -0.05) is 36.4 Å². The molecule has 0 bridgehead atoms. The summed E-state index contributed by atoms with van der Waals surface area (Å²) in [5.41, 5.74) is -0.0965. The van der Waals surface area contributed by atoms with E-state index in [9.17, 15) is 4.79 Å². The van der Waals surface area contributed by atoms with Crippen molar-refractivity contribution >= 4 is 6.09 Å². The van der Waals surface area contributed by atoms with Crippen LogP contribution in [0, 0.1) is 0 Å². The Bertz CT molecular complexity index is 593. The first-order valence-corrected chi connectivity index (χ1v) is 8.70. The van der Waals surface area contributed by atoms with Gasteiger partial charge < -0.3 is 14.8 Å². The molecule has 1 aliphatic heterocycles. The summed E-state index contributed by atoms with van der Waals surface area (Å²) in [4.78, 5) is 14.4. The summed E-state index contributed by atoms with van der Waals surface area (Å²) in [6.45, 7) is 14.4. The number of rotatable bonds is 5. The fraction of sp³-hybridized carbons (Fsp3) is 0.550. The third-order valence-electron chi connectivity index (χ3n) is 4.16. The van der Waals surface area contributed by atoms with Crippen molar-refractivity contribution in [1.82, 2.24) is 10.2 Å². The van der Waals surface area contributed by atoms with Crippen LogP contribution in [-0.2, 0) is 16.0 Å². The van der Waals surface area contributed by atoms with Crippen molar-refractivity contribution in [1.29, 1.82) is 0 Å². The van der Waals surface area contributed by atoms with Gasteiger partial charge in [-0.05, 0) is 40.2 Å². The van der Waals surface area contributed by atoms with E-state index in [2.05, 4.69) is 24.0 Å². The Morgan fingerprint density at radius 1 is 1.44 bits per heavy atom. The highest BCUT2D eigenvalue weighted by Crippen LogP contribution is 2.31. The Hall–Kier alpha value is -1.85. The Kier molecular flexibility index (Phi) is 5.91. The Balaban J connectivity index is 2.12. The van der Waals surface area contributed by atoms with E-state index in [1.807, 2.05) is 58.9 Å². The van der Waals surface area contributed by atoms with Crippen LogP contribution >= 0.6 is 0 Å². The van der Waals surface area contributed by atoms with Crippen LogP contribution in [0.15, 0.2) is 43.0 Å². The van der Waals surface area contributed by atoms with Crippen LogP contribution in [0.25, 0.3) is 0 Å². The summed E-state index contributed by atoms with van der Waals surface area (Å²) in [6, 6.07) is 9.86. The molecule has 1 heterocycles. The Morgan fingerprint density at radius 2 is 2.08 bits per heavy atom. The predicted octanol–water partition coefficient (Wildman–Crippen LogP) is 3.70. The van der Waals surface area contributed by atoms with Crippen LogP contribution in [0.4, 0.5) is 4.79 Å². The monoisotopic (exact) mass is 346 g/mol. The maximum atomic E-state index is 12.7. The topological polar surface area (TPSA) is 50.8 Å². The Morgan fingerprint density at radius 3 is 2.64 bits per heavy atom. The van der Waals surface area contributed by atoms with E-state index in [1.54, 1.807) is 4.90 Å². The summed E-state index contributed by atoms with van der Waals surface area (Å²) in [5, 5.41) is 3.47. The Labute approximate surface area is 151 Å². The average Bonchev–Trinajstić information content (AvgIpc) is 2.83. The van der Waals surface area contributed by atoms with Crippen molar-refractivity contribution in [3.05, 3.63) is 48.6 Å². The SMILES string of the molecule is C=C[C@H](NCc1ccccc1)[C@@H]1COC(C)(C)N1C(=O)OC(C)(C)C. The summed E-state index contributed by atoms with van der Waals surface area (Å²) in [5.74, 6) is 0. The highest BCUT2D eigenvalue weighted by atomic mass is 16.6. The number of carbonyl (C=O) groups excluding carboxylic acids is 1. The second-order valence-electron chi connectivity index (χ2n) is 7.80. The molecule has 2 atom stereocenters. The van der Waals surface area contributed by atoms with Crippen molar-refractivity contribution in [3.63, 3.8) is 0 Å². The van der Waals surface area contributed by atoms with E-state index < -0.39 is 11.3 Å². The maximum Gasteiger partial charge on any atom is 0.412 e. The number of amides is 1. The lowest BCUT2D eigenvalue weighted by Crippen LogP contribution is -2.55. The molecule has 0 spiro atoms. The molecule has 1 aromatic carbocycles. The van der Waals surface area contributed by atoms with Crippen LogP contribution in [0.5, 0.6) is 0 Å². The molecule has 25 heavy (non-hydrogen) atoms. The van der Waals surface area contributed by atoms with E-state index in [0.29, 0.717) is 13.2 Å². The van der Waals surface area contributed by atoms with Crippen LogP contribution in [-0.4, -0.2) is 41.0 Å². The standard InChI is InChI=1S/C20H30N2O3/c1-7-16(21-13-15-11-9-8-10-12-15)17-14-24-20(5,6)22(17)18(23)25-19(2,3)4/h7-12,16-17,21H,1,13-14H2,2-6H3/t16-,17-/m0/s1. The summed E-state index contributed by atoms with van der Waals surface area (Å²) < 4.78 is 11.5. The van der Waals surface area contributed by atoms with Gasteiger partial charge in [0, 0.05) is 12.6 Å². The normalized spacial score (nSPS) is 21.0. The van der Waals surface area contributed by atoms with Crippen molar-refractivity contribution in [2.75, 3.05) is 6.61 Å². The van der Waals surface area contributed by atoms with E-state index in [1.165, 1.54) is 5.56 Å². The van der Waals surface area contributed by atoms with E-state index in [0.717, 1.165) is 0 Å². The van der Waals surface area contributed by atoms with Crippen molar-refractivity contribution in [3.8, 4) is 0 Å². The molecule has 1 aliphatic rings. The molecule has 0 saturated carbocycles. The zero-order chi connectivity index (χ0) is 18.7. The zero-order valence-electron chi connectivity index (χ0n) is 15.9. The highest BCUT2D eigenvalue weighted by Gasteiger charge is 2.47. The third-order valence-corrected chi connectivity index (χ3v) is 4.16. The van der Waals surface area contributed by atoms with Gasteiger partial charge in [0.25, 0.3) is 0 Å². The maximum absolute atomic E-state index is 12.7. The molecule has 1 amide bonds. The smallest absolute Gasteiger partial charge is 0.412 e. The van der Waals surface area contributed by atoms with Gasteiger partial charge in [-0.15, -0.1) is 6.58 Å². The fourth-order valence-electron chi connectivity index (χ4n) is 2.97. The number of nitrogens with zero attached hydrogens (tertiary/aromatic N) is 1. The highest BCUT2D eigenvalue weighted by molar-refractivity contribution is 5.70. The van der Waals surface area contributed by atoms with Crippen molar-refractivity contribution in [2.45, 2.75) is 64.6 Å². The lowest BCUT2D eigenvalue weighted by molar-refractivity contribution is -0.0631. The fourth-order valence-corrected chi connectivity index (χ4v) is 2.97. The van der Waals surface area contributed by atoms with E-state index in [-0.39, 0.29) is 18.2 Å². The zero-order valence-corrected chi connectivity index (χ0v) is 15.9. The molecular formula is C20H30N2O3. The molecule has 0 aromatic heterocycles. The summed E-state index contributed by atoms with van der Waals surface area (Å²) >= 11 is 0. The number of nitrogens with one attached hydrogen (secondary N) is 1. The molecule has 138 valence electrons. The van der Waals surface area contributed by atoms with Gasteiger partial charge in [0.2, 0.25) is 0 Å². The molecular weight excluding hydrogens is 316 g/mol. The second kappa shape index (κ2) is 7.58. The first kappa shape index (κ1) is 19.5.